The Labute approximate surface area is 138 Å². The van der Waals surface area contributed by atoms with Gasteiger partial charge in [-0.1, -0.05) is 35.9 Å². The molecule has 0 bridgehead atoms. The van der Waals surface area contributed by atoms with Crippen molar-refractivity contribution in [3.8, 4) is 22.6 Å². The van der Waals surface area contributed by atoms with E-state index >= 15 is 0 Å². The number of ether oxygens (including phenoxy) is 2. The van der Waals surface area contributed by atoms with Crippen LogP contribution in [-0.4, -0.2) is 19.5 Å². The SMILES string of the molecule is Cc1cccc(-c2ccc(OC(F)(F)F)c(OCCN)c2)c1.Cl. The molecule has 0 spiro atoms. The number of alkyl halides is 3. The monoisotopic (exact) mass is 347 g/mol. The molecular weight excluding hydrogens is 331 g/mol. The maximum absolute atomic E-state index is 12.4. The van der Waals surface area contributed by atoms with Gasteiger partial charge < -0.3 is 15.2 Å². The Balaban J connectivity index is 0.00000264. The minimum Gasteiger partial charge on any atom is -0.488 e. The number of rotatable bonds is 5. The van der Waals surface area contributed by atoms with E-state index in [0.717, 1.165) is 16.7 Å². The molecule has 0 aliphatic carbocycles. The van der Waals surface area contributed by atoms with Crippen molar-refractivity contribution in [2.45, 2.75) is 13.3 Å². The predicted molar refractivity (Wildman–Crippen MR) is 85.1 cm³/mol. The highest BCUT2D eigenvalue weighted by Crippen LogP contribution is 2.36. The van der Waals surface area contributed by atoms with Crippen molar-refractivity contribution in [1.82, 2.24) is 0 Å². The third kappa shape index (κ3) is 5.65. The largest absolute Gasteiger partial charge is 0.573 e. The van der Waals surface area contributed by atoms with E-state index in [4.69, 9.17) is 10.5 Å². The van der Waals surface area contributed by atoms with Crippen LogP contribution >= 0.6 is 12.4 Å². The standard InChI is InChI=1S/C16H16F3NO2.ClH/c1-11-3-2-4-12(9-11)13-5-6-14(22-16(17,18)19)15(10-13)21-8-7-20;/h2-6,9-10H,7-8,20H2,1H3;1H. The minimum absolute atomic E-state index is 0. The molecule has 0 heterocycles. The summed E-state index contributed by atoms with van der Waals surface area (Å²) in [6.45, 7) is 2.24. The first-order valence-electron chi connectivity index (χ1n) is 6.69. The van der Waals surface area contributed by atoms with Crippen LogP contribution in [0.5, 0.6) is 11.5 Å². The summed E-state index contributed by atoms with van der Waals surface area (Å²) in [5, 5.41) is 0. The van der Waals surface area contributed by atoms with Crippen LogP contribution in [0.15, 0.2) is 42.5 Å². The van der Waals surface area contributed by atoms with Crippen LogP contribution in [0.1, 0.15) is 5.56 Å². The molecule has 0 saturated carbocycles. The summed E-state index contributed by atoms with van der Waals surface area (Å²) in [5.74, 6) is -0.362. The quantitative estimate of drug-likeness (QED) is 0.876. The van der Waals surface area contributed by atoms with Crippen LogP contribution < -0.4 is 15.2 Å². The van der Waals surface area contributed by atoms with Gasteiger partial charge in [0.2, 0.25) is 0 Å². The van der Waals surface area contributed by atoms with E-state index in [1.54, 1.807) is 6.07 Å². The summed E-state index contributed by atoms with van der Waals surface area (Å²) >= 11 is 0. The maximum Gasteiger partial charge on any atom is 0.573 e. The molecule has 0 aromatic heterocycles. The third-order valence-corrected chi connectivity index (χ3v) is 2.90. The summed E-state index contributed by atoms with van der Waals surface area (Å²) in [7, 11) is 0. The molecule has 0 fully saturated rings. The fourth-order valence-corrected chi connectivity index (χ4v) is 2.00. The van der Waals surface area contributed by atoms with Gasteiger partial charge in [0.25, 0.3) is 0 Å². The molecule has 0 unspecified atom stereocenters. The third-order valence-electron chi connectivity index (χ3n) is 2.90. The van der Waals surface area contributed by atoms with Gasteiger partial charge in [-0.25, -0.2) is 0 Å². The summed E-state index contributed by atoms with van der Waals surface area (Å²) < 4.78 is 46.5. The lowest BCUT2D eigenvalue weighted by Crippen LogP contribution is -2.18. The van der Waals surface area contributed by atoms with E-state index in [1.165, 1.54) is 12.1 Å². The van der Waals surface area contributed by atoms with Crippen LogP contribution in [-0.2, 0) is 0 Å². The fraction of sp³-hybridized carbons (Fsp3) is 0.250. The Morgan fingerprint density at radius 3 is 2.30 bits per heavy atom. The summed E-state index contributed by atoms with van der Waals surface area (Å²) in [5.41, 5.74) is 8.01. The van der Waals surface area contributed by atoms with Gasteiger partial charge >= 0.3 is 6.36 Å². The number of nitrogens with two attached hydrogens (primary N) is 1. The Morgan fingerprint density at radius 2 is 1.70 bits per heavy atom. The van der Waals surface area contributed by atoms with E-state index in [0.29, 0.717) is 0 Å². The molecule has 0 amide bonds. The zero-order chi connectivity index (χ0) is 16.2. The van der Waals surface area contributed by atoms with Gasteiger partial charge in [-0.15, -0.1) is 25.6 Å². The van der Waals surface area contributed by atoms with Gasteiger partial charge in [0.15, 0.2) is 11.5 Å². The number of aryl methyl sites for hydroxylation is 1. The molecule has 3 nitrogen and oxygen atoms in total. The van der Waals surface area contributed by atoms with Crippen molar-refractivity contribution < 1.29 is 22.6 Å². The van der Waals surface area contributed by atoms with Gasteiger partial charge in [-0.05, 0) is 30.2 Å². The first kappa shape index (κ1) is 19.1. The zero-order valence-corrected chi connectivity index (χ0v) is 13.2. The molecule has 0 radical (unpaired) electrons. The lowest BCUT2D eigenvalue weighted by Gasteiger charge is -2.15. The first-order valence-corrected chi connectivity index (χ1v) is 6.69. The molecule has 0 saturated heterocycles. The van der Waals surface area contributed by atoms with Crippen molar-refractivity contribution in [1.29, 1.82) is 0 Å². The average molecular weight is 348 g/mol. The number of hydrogen-bond donors (Lipinski definition) is 1. The molecular formula is C16H17ClF3NO2. The molecule has 23 heavy (non-hydrogen) atoms. The van der Waals surface area contributed by atoms with E-state index < -0.39 is 6.36 Å². The minimum atomic E-state index is -4.77. The smallest absolute Gasteiger partial charge is 0.488 e. The van der Waals surface area contributed by atoms with E-state index in [1.807, 2.05) is 31.2 Å². The molecule has 7 heteroatoms. The predicted octanol–water partition coefficient (Wildman–Crippen LogP) is 4.32. The van der Waals surface area contributed by atoms with Crippen molar-refractivity contribution >= 4 is 12.4 Å². The highest BCUT2D eigenvalue weighted by atomic mass is 35.5. The number of halogens is 4. The average Bonchev–Trinajstić information content (AvgIpc) is 2.44. The lowest BCUT2D eigenvalue weighted by atomic mass is 10.0. The van der Waals surface area contributed by atoms with Gasteiger partial charge in [0.1, 0.15) is 6.61 Å². The molecule has 0 aliphatic heterocycles. The highest BCUT2D eigenvalue weighted by Gasteiger charge is 2.32. The van der Waals surface area contributed by atoms with E-state index in [2.05, 4.69) is 4.74 Å². The number of hydrogen-bond acceptors (Lipinski definition) is 3. The van der Waals surface area contributed by atoms with Crippen molar-refractivity contribution in [2.24, 2.45) is 5.73 Å². The Bertz CT molecular complexity index is 647. The summed E-state index contributed by atoms with van der Waals surface area (Å²) in [6, 6.07) is 12.0. The summed E-state index contributed by atoms with van der Waals surface area (Å²) in [6.07, 6.45) is -4.77. The first-order chi connectivity index (χ1) is 10.4. The second-order valence-corrected chi connectivity index (χ2v) is 4.72. The van der Waals surface area contributed by atoms with Crippen molar-refractivity contribution in [3.05, 3.63) is 48.0 Å². The van der Waals surface area contributed by atoms with Crippen LogP contribution in [0.4, 0.5) is 13.2 Å². The topological polar surface area (TPSA) is 44.5 Å². The van der Waals surface area contributed by atoms with Crippen LogP contribution in [0, 0.1) is 6.92 Å². The van der Waals surface area contributed by atoms with Gasteiger partial charge in [-0.3, -0.25) is 0 Å². The second-order valence-electron chi connectivity index (χ2n) is 4.72. The van der Waals surface area contributed by atoms with Crippen molar-refractivity contribution in [3.63, 3.8) is 0 Å². The molecule has 2 aromatic carbocycles. The van der Waals surface area contributed by atoms with Crippen LogP contribution in [0.2, 0.25) is 0 Å². The van der Waals surface area contributed by atoms with E-state index in [-0.39, 0.29) is 37.1 Å². The maximum atomic E-state index is 12.4. The molecule has 126 valence electrons. The lowest BCUT2D eigenvalue weighted by molar-refractivity contribution is -0.275. The Hall–Kier alpha value is -1.92. The normalized spacial score (nSPS) is 10.8. The van der Waals surface area contributed by atoms with Crippen LogP contribution in [0.3, 0.4) is 0 Å². The number of benzene rings is 2. The molecule has 2 aromatic rings. The van der Waals surface area contributed by atoms with Gasteiger partial charge in [-0.2, -0.15) is 0 Å². The highest BCUT2D eigenvalue weighted by molar-refractivity contribution is 5.85. The fourth-order valence-electron chi connectivity index (χ4n) is 2.00. The van der Waals surface area contributed by atoms with E-state index in [9.17, 15) is 13.2 Å². The summed E-state index contributed by atoms with van der Waals surface area (Å²) in [4.78, 5) is 0. The molecule has 0 atom stereocenters. The van der Waals surface area contributed by atoms with Crippen molar-refractivity contribution in [2.75, 3.05) is 13.2 Å². The zero-order valence-electron chi connectivity index (χ0n) is 12.4. The van der Waals surface area contributed by atoms with Crippen LogP contribution in [0.25, 0.3) is 11.1 Å². The molecule has 2 rings (SSSR count). The Morgan fingerprint density at radius 1 is 1.00 bits per heavy atom. The molecule has 0 aliphatic rings. The van der Waals surface area contributed by atoms with Gasteiger partial charge in [0, 0.05) is 6.54 Å². The van der Waals surface area contributed by atoms with Gasteiger partial charge in [0.05, 0.1) is 0 Å². The Kier molecular flexibility index (Phi) is 6.72. The second kappa shape index (κ2) is 8.08. The molecule has 2 N–H and O–H groups in total.